The van der Waals surface area contributed by atoms with Gasteiger partial charge in [0.2, 0.25) is 0 Å². The quantitative estimate of drug-likeness (QED) is 0.830. The molecule has 0 spiro atoms. The van der Waals surface area contributed by atoms with Crippen LogP contribution in [0.25, 0.3) is 5.57 Å². The summed E-state index contributed by atoms with van der Waals surface area (Å²) in [7, 11) is 6.73. The van der Waals surface area contributed by atoms with E-state index in [4.69, 9.17) is 18.9 Å². The predicted octanol–water partition coefficient (Wildman–Crippen LogP) is 2.91. The Labute approximate surface area is 120 Å². The molecule has 20 heavy (non-hydrogen) atoms. The molecule has 0 aliphatic heterocycles. The van der Waals surface area contributed by atoms with Gasteiger partial charge in [0.1, 0.15) is 6.10 Å². The third-order valence-corrected chi connectivity index (χ3v) is 3.73. The molecule has 2 atom stereocenters. The van der Waals surface area contributed by atoms with Gasteiger partial charge in [0.25, 0.3) is 0 Å². The molecule has 1 aliphatic carbocycles. The first-order valence-corrected chi connectivity index (χ1v) is 6.73. The Hall–Kier alpha value is -1.52. The Morgan fingerprint density at radius 1 is 1.00 bits per heavy atom. The number of methoxy groups -OCH3 is 4. The van der Waals surface area contributed by atoms with Crippen LogP contribution in [-0.2, 0) is 9.47 Å². The fourth-order valence-electron chi connectivity index (χ4n) is 2.77. The van der Waals surface area contributed by atoms with E-state index in [1.165, 1.54) is 0 Å². The normalized spacial score (nSPS) is 22.3. The molecule has 0 amide bonds. The zero-order valence-corrected chi connectivity index (χ0v) is 12.5. The monoisotopic (exact) mass is 278 g/mol. The van der Waals surface area contributed by atoms with E-state index in [0.717, 1.165) is 35.5 Å². The van der Waals surface area contributed by atoms with E-state index in [9.17, 15) is 0 Å². The van der Waals surface area contributed by atoms with Crippen LogP contribution >= 0.6 is 0 Å². The van der Waals surface area contributed by atoms with E-state index in [1.54, 1.807) is 28.4 Å². The molecule has 0 saturated heterocycles. The van der Waals surface area contributed by atoms with Crippen LogP contribution < -0.4 is 9.47 Å². The highest BCUT2D eigenvalue weighted by atomic mass is 16.5. The van der Waals surface area contributed by atoms with Crippen LogP contribution in [0.15, 0.2) is 24.3 Å². The molecule has 1 aliphatic rings. The van der Waals surface area contributed by atoms with Crippen molar-refractivity contribution >= 4 is 5.57 Å². The standard InChI is InChI=1S/C16H22O4/c1-17-13-9-5-7-11(15(13)19-3)12-8-6-10-14(18-2)16(12)20-4/h5,7-9,14,16H,6,10H2,1-4H3. The molecular formula is C16H22O4. The van der Waals surface area contributed by atoms with Gasteiger partial charge in [-0.25, -0.2) is 0 Å². The van der Waals surface area contributed by atoms with Crippen molar-refractivity contribution in [1.29, 1.82) is 0 Å². The van der Waals surface area contributed by atoms with Gasteiger partial charge in [-0.2, -0.15) is 0 Å². The average molecular weight is 278 g/mol. The zero-order valence-electron chi connectivity index (χ0n) is 12.5. The summed E-state index contributed by atoms with van der Waals surface area (Å²) in [5.74, 6) is 1.46. The number of rotatable bonds is 5. The van der Waals surface area contributed by atoms with Crippen molar-refractivity contribution in [2.45, 2.75) is 25.0 Å². The predicted molar refractivity (Wildman–Crippen MR) is 78.4 cm³/mol. The Kier molecular flexibility index (Phi) is 5.04. The molecule has 2 rings (SSSR count). The second-order valence-corrected chi connectivity index (χ2v) is 4.71. The lowest BCUT2D eigenvalue weighted by Gasteiger charge is -2.31. The minimum absolute atomic E-state index is 0.0657. The minimum Gasteiger partial charge on any atom is -0.493 e. The van der Waals surface area contributed by atoms with Gasteiger partial charge in [0, 0.05) is 19.8 Å². The SMILES string of the molecule is COc1cccc(C2=CCCC(OC)C2OC)c1OC. The molecule has 0 fully saturated rings. The molecule has 110 valence electrons. The molecule has 4 nitrogen and oxygen atoms in total. The molecule has 1 aromatic rings. The summed E-state index contributed by atoms with van der Waals surface area (Å²) in [6.45, 7) is 0. The highest BCUT2D eigenvalue weighted by molar-refractivity contribution is 5.76. The van der Waals surface area contributed by atoms with Crippen molar-refractivity contribution in [2.75, 3.05) is 28.4 Å². The Morgan fingerprint density at radius 3 is 2.40 bits per heavy atom. The fourth-order valence-corrected chi connectivity index (χ4v) is 2.77. The maximum Gasteiger partial charge on any atom is 0.168 e. The Bertz CT molecular complexity index is 481. The van der Waals surface area contributed by atoms with Gasteiger partial charge in [-0.1, -0.05) is 18.2 Å². The van der Waals surface area contributed by atoms with Crippen LogP contribution in [0, 0.1) is 0 Å². The van der Waals surface area contributed by atoms with Crippen molar-refractivity contribution in [2.24, 2.45) is 0 Å². The molecule has 0 N–H and O–H groups in total. The van der Waals surface area contributed by atoms with Gasteiger partial charge in [-0.3, -0.25) is 0 Å². The third-order valence-electron chi connectivity index (χ3n) is 3.73. The molecule has 4 heteroatoms. The summed E-state index contributed by atoms with van der Waals surface area (Å²) in [6, 6.07) is 5.87. The van der Waals surface area contributed by atoms with E-state index >= 15 is 0 Å². The lowest BCUT2D eigenvalue weighted by atomic mass is 9.88. The van der Waals surface area contributed by atoms with Gasteiger partial charge >= 0.3 is 0 Å². The molecule has 0 radical (unpaired) electrons. The van der Waals surface area contributed by atoms with Crippen LogP contribution in [0.4, 0.5) is 0 Å². The summed E-state index contributed by atoms with van der Waals surface area (Å²) < 4.78 is 22.1. The third kappa shape index (κ3) is 2.67. The first-order chi connectivity index (χ1) is 9.76. The van der Waals surface area contributed by atoms with Crippen molar-refractivity contribution in [1.82, 2.24) is 0 Å². The summed E-state index contributed by atoms with van der Waals surface area (Å²) >= 11 is 0. The Balaban J connectivity index is 2.46. The van der Waals surface area contributed by atoms with Gasteiger partial charge in [-0.05, 0) is 24.5 Å². The smallest absolute Gasteiger partial charge is 0.168 e. The highest BCUT2D eigenvalue weighted by Gasteiger charge is 2.30. The highest BCUT2D eigenvalue weighted by Crippen LogP contribution is 2.40. The summed E-state index contributed by atoms with van der Waals surface area (Å²) in [5, 5.41) is 0. The van der Waals surface area contributed by atoms with Crippen molar-refractivity contribution in [3.8, 4) is 11.5 Å². The number of allylic oxidation sites excluding steroid dienone is 1. The van der Waals surface area contributed by atoms with Crippen molar-refractivity contribution < 1.29 is 18.9 Å². The molecule has 0 saturated carbocycles. The minimum atomic E-state index is -0.0882. The van der Waals surface area contributed by atoms with Gasteiger partial charge < -0.3 is 18.9 Å². The van der Waals surface area contributed by atoms with E-state index in [2.05, 4.69) is 6.08 Å². The lowest BCUT2D eigenvalue weighted by Crippen LogP contribution is -2.33. The second-order valence-electron chi connectivity index (χ2n) is 4.71. The zero-order chi connectivity index (χ0) is 14.5. The summed E-state index contributed by atoms with van der Waals surface area (Å²) in [5.41, 5.74) is 2.10. The van der Waals surface area contributed by atoms with Crippen LogP contribution in [0.1, 0.15) is 18.4 Å². The molecular weight excluding hydrogens is 256 g/mol. The molecule has 0 bridgehead atoms. The van der Waals surface area contributed by atoms with E-state index in [1.807, 2.05) is 18.2 Å². The first-order valence-electron chi connectivity index (χ1n) is 6.73. The van der Waals surface area contributed by atoms with E-state index < -0.39 is 0 Å². The molecule has 0 heterocycles. The first kappa shape index (κ1) is 14.9. The Morgan fingerprint density at radius 2 is 1.80 bits per heavy atom. The van der Waals surface area contributed by atoms with Gasteiger partial charge in [0.15, 0.2) is 11.5 Å². The van der Waals surface area contributed by atoms with Gasteiger partial charge in [-0.15, -0.1) is 0 Å². The summed E-state index contributed by atoms with van der Waals surface area (Å²) in [6.07, 6.45) is 4.10. The second kappa shape index (κ2) is 6.77. The largest absolute Gasteiger partial charge is 0.493 e. The van der Waals surface area contributed by atoms with E-state index in [0.29, 0.717) is 0 Å². The van der Waals surface area contributed by atoms with Crippen molar-refractivity contribution in [3.05, 3.63) is 29.8 Å². The number of ether oxygens (including phenoxy) is 4. The van der Waals surface area contributed by atoms with Crippen LogP contribution in [0.3, 0.4) is 0 Å². The summed E-state index contributed by atoms with van der Waals surface area (Å²) in [4.78, 5) is 0. The lowest BCUT2D eigenvalue weighted by molar-refractivity contribution is -0.0134. The average Bonchev–Trinajstić information content (AvgIpc) is 2.52. The molecule has 0 aromatic heterocycles. The molecule has 2 unspecified atom stereocenters. The molecule has 1 aromatic carbocycles. The maximum absolute atomic E-state index is 5.65. The van der Waals surface area contributed by atoms with Crippen LogP contribution in [0.5, 0.6) is 11.5 Å². The fraction of sp³-hybridized carbons (Fsp3) is 0.500. The maximum atomic E-state index is 5.65. The number of hydrogen-bond donors (Lipinski definition) is 0. The van der Waals surface area contributed by atoms with Crippen LogP contribution in [0.2, 0.25) is 0 Å². The number of para-hydroxylation sites is 1. The van der Waals surface area contributed by atoms with E-state index in [-0.39, 0.29) is 12.2 Å². The van der Waals surface area contributed by atoms with Gasteiger partial charge in [0.05, 0.1) is 20.3 Å². The number of hydrogen-bond acceptors (Lipinski definition) is 4. The van der Waals surface area contributed by atoms with Crippen LogP contribution in [-0.4, -0.2) is 40.6 Å². The van der Waals surface area contributed by atoms with Crippen molar-refractivity contribution in [3.63, 3.8) is 0 Å². The topological polar surface area (TPSA) is 36.9 Å². The number of benzene rings is 1.